The van der Waals surface area contributed by atoms with Gasteiger partial charge in [0.1, 0.15) is 11.6 Å². The molecule has 0 heterocycles. The second-order valence-corrected chi connectivity index (χ2v) is 11.8. The fourth-order valence-corrected chi connectivity index (χ4v) is 6.39. The van der Waals surface area contributed by atoms with Crippen LogP contribution in [0.15, 0.2) is 18.2 Å². The molecule has 0 aliphatic rings. The van der Waals surface area contributed by atoms with Crippen molar-refractivity contribution in [2.75, 3.05) is 0 Å². The highest BCUT2D eigenvalue weighted by atomic mass is 28.4. The van der Waals surface area contributed by atoms with E-state index in [-0.39, 0.29) is 0 Å². The summed E-state index contributed by atoms with van der Waals surface area (Å²) >= 11 is 0. The third kappa shape index (κ3) is 5.80. The second-order valence-electron chi connectivity index (χ2n) is 6.99. The van der Waals surface area contributed by atoms with Crippen molar-refractivity contribution in [3.05, 3.63) is 35.4 Å². The average molecular weight is 329 g/mol. The van der Waals surface area contributed by atoms with E-state index in [4.69, 9.17) is 0 Å². The molecule has 126 valence electrons. The fourth-order valence-electron chi connectivity index (χ4n) is 3.09. The Kier molecular flexibility index (Phi) is 7.70. The van der Waals surface area contributed by atoms with E-state index >= 15 is 0 Å². The van der Waals surface area contributed by atoms with Gasteiger partial charge in [-0.2, -0.15) is 0 Å². The van der Waals surface area contributed by atoms with E-state index in [1.165, 1.54) is 12.1 Å². The predicted molar refractivity (Wildman–Crippen MR) is 91.5 cm³/mol. The van der Waals surface area contributed by atoms with Crippen LogP contribution in [0, 0.1) is 11.6 Å². The Bertz CT molecular complexity index is 432. The van der Waals surface area contributed by atoms with Crippen molar-refractivity contribution in [1.82, 2.24) is 0 Å². The van der Waals surface area contributed by atoms with Crippen LogP contribution in [0.4, 0.5) is 8.78 Å². The van der Waals surface area contributed by atoms with E-state index in [2.05, 4.69) is 27.7 Å². The highest BCUT2D eigenvalue weighted by Gasteiger charge is 2.37. The molecular formula is C18H30F2OSi. The summed E-state index contributed by atoms with van der Waals surface area (Å²) in [7, 11) is -2.14. The molecule has 0 saturated carbocycles. The van der Waals surface area contributed by atoms with Crippen molar-refractivity contribution >= 4 is 8.32 Å². The molecule has 0 aliphatic heterocycles. The van der Waals surface area contributed by atoms with Crippen LogP contribution >= 0.6 is 0 Å². The van der Waals surface area contributed by atoms with Crippen LogP contribution in [0.5, 0.6) is 0 Å². The molecule has 0 unspecified atom stereocenters. The van der Waals surface area contributed by atoms with Gasteiger partial charge in [0, 0.05) is 6.07 Å². The molecular weight excluding hydrogens is 298 g/mol. The van der Waals surface area contributed by atoms with Crippen molar-refractivity contribution in [3.8, 4) is 0 Å². The lowest BCUT2D eigenvalue weighted by atomic mass is 10.1. The largest absolute Gasteiger partial charge is 0.431 e. The summed E-state index contributed by atoms with van der Waals surface area (Å²) in [6.07, 6.45) is 4.82. The Hall–Kier alpha value is -0.743. The van der Waals surface area contributed by atoms with Gasteiger partial charge >= 0.3 is 0 Å². The lowest BCUT2D eigenvalue weighted by Crippen LogP contribution is -2.41. The Morgan fingerprint density at radius 1 is 0.864 bits per heavy atom. The van der Waals surface area contributed by atoms with Gasteiger partial charge in [-0.1, -0.05) is 47.0 Å². The number of unbranched alkanes of at least 4 members (excludes halogenated alkanes) is 3. The SMILES string of the molecule is CC(C)[Si](O)(CCCCCCc1cc(F)cc(F)c1)C(C)C. The average Bonchev–Trinajstić information content (AvgIpc) is 2.40. The molecule has 1 aromatic rings. The fraction of sp³-hybridized carbons (Fsp3) is 0.667. The zero-order chi connectivity index (χ0) is 16.8. The molecule has 0 atom stereocenters. The molecule has 0 fully saturated rings. The standard InChI is InChI=1S/C18H30F2OSi/c1-14(2)22(21,15(3)4)10-8-6-5-7-9-16-11-17(19)13-18(20)12-16/h11-15,21H,5-10H2,1-4H3. The second kappa shape index (κ2) is 8.78. The Morgan fingerprint density at radius 2 is 1.36 bits per heavy atom. The maximum Gasteiger partial charge on any atom is 0.193 e. The summed E-state index contributed by atoms with van der Waals surface area (Å²) in [4.78, 5) is 10.8. The molecule has 1 N–H and O–H groups in total. The smallest absolute Gasteiger partial charge is 0.193 e. The molecule has 0 saturated heterocycles. The van der Waals surface area contributed by atoms with Crippen LogP contribution < -0.4 is 0 Å². The molecule has 22 heavy (non-hydrogen) atoms. The molecule has 0 aromatic heterocycles. The van der Waals surface area contributed by atoms with Gasteiger partial charge in [-0.15, -0.1) is 0 Å². The first-order valence-corrected chi connectivity index (χ1v) is 10.7. The quantitative estimate of drug-likeness (QED) is 0.447. The summed E-state index contributed by atoms with van der Waals surface area (Å²) in [6.45, 7) is 8.52. The first kappa shape index (κ1) is 19.3. The maximum absolute atomic E-state index is 13.1. The number of aryl methyl sites for hydroxylation is 1. The lowest BCUT2D eigenvalue weighted by molar-refractivity contribution is 0.482. The minimum absolute atomic E-state index is 0.391. The highest BCUT2D eigenvalue weighted by molar-refractivity contribution is 6.75. The van der Waals surface area contributed by atoms with E-state index in [9.17, 15) is 13.6 Å². The van der Waals surface area contributed by atoms with Crippen LogP contribution in [0.2, 0.25) is 17.1 Å². The van der Waals surface area contributed by atoms with E-state index in [0.29, 0.717) is 17.5 Å². The van der Waals surface area contributed by atoms with Crippen molar-refractivity contribution in [3.63, 3.8) is 0 Å². The topological polar surface area (TPSA) is 20.2 Å². The van der Waals surface area contributed by atoms with Gasteiger partial charge in [0.2, 0.25) is 0 Å². The molecule has 1 nitrogen and oxygen atoms in total. The molecule has 4 heteroatoms. The van der Waals surface area contributed by atoms with E-state index in [1.54, 1.807) is 0 Å². The predicted octanol–water partition coefficient (Wildman–Crippen LogP) is 5.83. The van der Waals surface area contributed by atoms with Crippen molar-refractivity contribution < 1.29 is 13.6 Å². The van der Waals surface area contributed by atoms with Gasteiger partial charge in [-0.3, -0.25) is 0 Å². The molecule has 0 amide bonds. The molecule has 0 bridgehead atoms. The van der Waals surface area contributed by atoms with Gasteiger partial charge in [0.05, 0.1) is 0 Å². The Labute approximate surface area is 134 Å². The normalized spacial score (nSPS) is 12.4. The minimum Gasteiger partial charge on any atom is -0.431 e. The summed E-state index contributed by atoms with van der Waals surface area (Å²) in [5, 5.41) is 0. The highest BCUT2D eigenvalue weighted by Crippen LogP contribution is 2.34. The summed E-state index contributed by atoms with van der Waals surface area (Å²) < 4.78 is 26.2. The number of rotatable bonds is 9. The van der Waals surface area contributed by atoms with Crippen LogP contribution in [0.3, 0.4) is 0 Å². The lowest BCUT2D eigenvalue weighted by Gasteiger charge is -2.33. The van der Waals surface area contributed by atoms with Crippen molar-refractivity contribution in [2.24, 2.45) is 0 Å². The van der Waals surface area contributed by atoms with E-state index in [1.807, 2.05) is 0 Å². The van der Waals surface area contributed by atoms with Crippen LogP contribution in [-0.2, 0) is 6.42 Å². The summed E-state index contributed by atoms with van der Waals surface area (Å²) in [5.74, 6) is -1.00. The molecule has 1 rings (SSSR count). The van der Waals surface area contributed by atoms with Gasteiger partial charge in [-0.05, 0) is 47.7 Å². The minimum atomic E-state index is -2.14. The monoisotopic (exact) mass is 328 g/mol. The van der Waals surface area contributed by atoms with Gasteiger partial charge < -0.3 is 4.80 Å². The maximum atomic E-state index is 13.1. The number of hydrogen-bond donors (Lipinski definition) is 1. The number of halogens is 2. The first-order valence-electron chi connectivity index (χ1n) is 8.43. The van der Waals surface area contributed by atoms with E-state index < -0.39 is 20.0 Å². The number of benzene rings is 1. The molecule has 0 spiro atoms. The van der Waals surface area contributed by atoms with Gasteiger partial charge in [0.15, 0.2) is 8.32 Å². The Morgan fingerprint density at radius 3 is 1.86 bits per heavy atom. The van der Waals surface area contributed by atoms with Gasteiger partial charge in [-0.25, -0.2) is 8.78 Å². The first-order chi connectivity index (χ1) is 10.3. The van der Waals surface area contributed by atoms with Crippen LogP contribution in [0.25, 0.3) is 0 Å². The molecule has 1 aromatic carbocycles. The molecule has 0 radical (unpaired) electrons. The third-order valence-electron chi connectivity index (χ3n) is 4.71. The Balaban J connectivity index is 2.28. The van der Waals surface area contributed by atoms with Gasteiger partial charge in [0.25, 0.3) is 0 Å². The number of hydrogen-bond acceptors (Lipinski definition) is 1. The van der Waals surface area contributed by atoms with Crippen molar-refractivity contribution in [1.29, 1.82) is 0 Å². The molecule has 0 aliphatic carbocycles. The third-order valence-corrected chi connectivity index (χ3v) is 9.87. The summed E-state index contributed by atoms with van der Waals surface area (Å²) in [6, 6.07) is 4.68. The van der Waals surface area contributed by atoms with Crippen LogP contribution in [-0.4, -0.2) is 13.1 Å². The van der Waals surface area contributed by atoms with E-state index in [0.717, 1.165) is 43.4 Å². The summed E-state index contributed by atoms with van der Waals surface area (Å²) in [5.41, 5.74) is 1.51. The zero-order valence-corrected chi connectivity index (χ0v) is 15.3. The zero-order valence-electron chi connectivity index (χ0n) is 14.3. The van der Waals surface area contributed by atoms with Crippen molar-refractivity contribution in [2.45, 2.75) is 76.9 Å². The van der Waals surface area contributed by atoms with Crippen LogP contribution in [0.1, 0.15) is 58.9 Å².